The van der Waals surface area contributed by atoms with Crippen molar-refractivity contribution in [2.75, 3.05) is 57.9 Å². The van der Waals surface area contributed by atoms with Gasteiger partial charge in [0.15, 0.2) is 0 Å². The van der Waals surface area contributed by atoms with Crippen LogP contribution in [0.5, 0.6) is 0 Å². The second-order valence-electron chi connectivity index (χ2n) is 12.0. The van der Waals surface area contributed by atoms with Gasteiger partial charge in [-0.2, -0.15) is 0 Å². The van der Waals surface area contributed by atoms with Crippen LogP contribution in [0.25, 0.3) is 11.1 Å². The molecule has 3 aliphatic heterocycles. The number of hydrogen-bond donors (Lipinski definition) is 2. The Hall–Kier alpha value is -3.07. The molecule has 0 bridgehead atoms. The van der Waals surface area contributed by atoms with Crippen LogP contribution in [-0.4, -0.2) is 81.5 Å². The monoisotopic (exact) mass is 559 g/mol. The van der Waals surface area contributed by atoms with Crippen LogP contribution in [0.2, 0.25) is 0 Å². The van der Waals surface area contributed by atoms with E-state index < -0.39 is 0 Å². The molecule has 0 spiro atoms. The third-order valence-corrected chi connectivity index (χ3v) is 9.06. The van der Waals surface area contributed by atoms with E-state index in [9.17, 15) is 9.59 Å². The summed E-state index contributed by atoms with van der Waals surface area (Å²) >= 11 is 0. The molecule has 8 nitrogen and oxygen atoms in total. The highest BCUT2D eigenvalue weighted by Gasteiger charge is 2.30. The lowest BCUT2D eigenvalue weighted by molar-refractivity contribution is -0.123. The number of nitrogens with one attached hydrogen (secondary N) is 2. The SMILES string of the molecule is CC1=NC(=O)C(CNC(=O)c2cc(-c3ccc(CN4CCOCC4)cc3)cc(N(C)C3CCNCC3)c2C)C(C)C1. The number of carbonyl (C=O) groups excluding carboxylic acids is 2. The van der Waals surface area contributed by atoms with E-state index in [0.29, 0.717) is 18.2 Å². The van der Waals surface area contributed by atoms with Gasteiger partial charge in [-0.15, -0.1) is 0 Å². The van der Waals surface area contributed by atoms with Crippen molar-refractivity contribution in [2.24, 2.45) is 16.8 Å². The van der Waals surface area contributed by atoms with Crippen LogP contribution in [0.1, 0.15) is 54.6 Å². The lowest BCUT2D eigenvalue weighted by Gasteiger charge is -2.35. The van der Waals surface area contributed by atoms with Crippen LogP contribution < -0.4 is 15.5 Å². The number of ether oxygens (including phenoxy) is 1. The van der Waals surface area contributed by atoms with Gasteiger partial charge >= 0.3 is 0 Å². The van der Waals surface area contributed by atoms with Gasteiger partial charge in [-0.25, -0.2) is 4.99 Å². The Morgan fingerprint density at radius 2 is 1.80 bits per heavy atom. The molecule has 2 saturated heterocycles. The van der Waals surface area contributed by atoms with E-state index in [1.807, 2.05) is 19.9 Å². The number of benzene rings is 2. The van der Waals surface area contributed by atoms with Crippen molar-refractivity contribution < 1.29 is 14.3 Å². The van der Waals surface area contributed by atoms with E-state index in [1.165, 1.54) is 5.56 Å². The van der Waals surface area contributed by atoms with Crippen molar-refractivity contribution in [3.05, 3.63) is 53.1 Å². The van der Waals surface area contributed by atoms with Crippen LogP contribution in [0, 0.1) is 18.8 Å². The average molecular weight is 560 g/mol. The van der Waals surface area contributed by atoms with E-state index in [2.05, 4.69) is 69.7 Å². The fourth-order valence-electron chi connectivity index (χ4n) is 6.43. The molecular weight excluding hydrogens is 514 g/mol. The van der Waals surface area contributed by atoms with Crippen molar-refractivity contribution in [1.29, 1.82) is 0 Å². The van der Waals surface area contributed by atoms with Crippen molar-refractivity contribution in [3.63, 3.8) is 0 Å². The first-order valence-corrected chi connectivity index (χ1v) is 15.1. The van der Waals surface area contributed by atoms with Gasteiger partial charge in [0, 0.05) is 56.2 Å². The summed E-state index contributed by atoms with van der Waals surface area (Å²) in [6.07, 6.45) is 2.92. The molecule has 220 valence electrons. The minimum atomic E-state index is -0.290. The molecule has 2 amide bonds. The minimum absolute atomic E-state index is 0.129. The van der Waals surface area contributed by atoms with Gasteiger partial charge in [0.1, 0.15) is 0 Å². The molecule has 8 heteroatoms. The zero-order chi connectivity index (χ0) is 28.9. The van der Waals surface area contributed by atoms with Crippen LogP contribution in [0.3, 0.4) is 0 Å². The first kappa shape index (κ1) is 29.4. The summed E-state index contributed by atoms with van der Waals surface area (Å²) in [6.45, 7) is 12.7. The van der Waals surface area contributed by atoms with Gasteiger partial charge < -0.3 is 20.3 Å². The highest BCUT2D eigenvalue weighted by Crippen LogP contribution is 2.33. The van der Waals surface area contributed by atoms with E-state index >= 15 is 0 Å². The molecule has 0 aromatic heterocycles. The molecule has 41 heavy (non-hydrogen) atoms. The number of rotatable bonds is 8. The summed E-state index contributed by atoms with van der Waals surface area (Å²) in [6, 6.07) is 13.4. The van der Waals surface area contributed by atoms with Crippen LogP contribution in [0.15, 0.2) is 41.4 Å². The second kappa shape index (κ2) is 13.3. The summed E-state index contributed by atoms with van der Waals surface area (Å²) in [5, 5.41) is 6.55. The predicted molar refractivity (Wildman–Crippen MR) is 165 cm³/mol. The maximum atomic E-state index is 13.7. The molecule has 3 aliphatic rings. The Bertz CT molecular complexity index is 1260. The van der Waals surface area contributed by atoms with Crippen molar-refractivity contribution in [1.82, 2.24) is 15.5 Å². The van der Waals surface area contributed by atoms with E-state index in [-0.39, 0.29) is 23.7 Å². The highest BCUT2D eigenvalue weighted by molar-refractivity contribution is 6.00. The topological polar surface area (TPSA) is 86.3 Å². The third kappa shape index (κ3) is 7.05. The average Bonchev–Trinajstić information content (AvgIpc) is 2.97. The number of aliphatic imine (C=N–C) groups is 1. The Labute approximate surface area is 244 Å². The summed E-state index contributed by atoms with van der Waals surface area (Å²) in [7, 11) is 2.15. The fraction of sp³-hybridized carbons (Fsp3) is 0.545. The summed E-state index contributed by atoms with van der Waals surface area (Å²) in [5.74, 6) is -0.401. The van der Waals surface area contributed by atoms with E-state index in [4.69, 9.17) is 4.74 Å². The summed E-state index contributed by atoms with van der Waals surface area (Å²) in [4.78, 5) is 35.2. The first-order chi connectivity index (χ1) is 19.8. The minimum Gasteiger partial charge on any atom is -0.379 e. The highest BCUT2D eigenvalue weighted by atomic mass is 16.5. The molecule has 2 unspecified atom stereocenters. The van der Waals surface area contributed by atoms with Gasteiger partial charge in [-0.1, -0.05) is 31.2 Å². The first-order valence-electron chi connectivity index (χ1n) is 15.1. The van der Waals surface area contributed by atoms with Crippen LogP contribution in [-0.2, 0) is 16.1 Å². The number of carbonyl (C=O) groups is 2. The summed E-state index contributed by atoms with van der Waals surface area (Å²) in [5.41, 5.74) is 6.97. The van der Waals surface area contributed by atoms with E-state index in [1.54, 1.807) is 0 Å². The predicted octanol–water partition coefficient (Wildman–Crippen LogP) is 4.06. The molecule has 0 aliphatic carbocycles. The number of piperidine rings is 1. The van der Waals surface area contributed by atoms with Crippen LogP contribution >= 0.6 is 0 Å². The Morgan fingerprint density at radius 1 is 1.10 bits per heavy atom. The number of anilines is 1. The molecule has 2 aromatic carbocycles. The number of hydrogen-bond acceptors (Lipinski definition) is 6. The van der Waals surface area contributed by atoms with Crippen molar-refractivity contribution >= 4 is 23.2 Å². The lowest BCUT2D eigenvalue weighted by Crippen LogP contribution is -2.42. The standard InChI is InChI=1S/C33H45N5O3/c1-22-17-23(2)36-33(40)30(22)20-35-32(39)29-18-27(19-31(24(29)3)37(4)28-9-11-34-12-10-28)26-7-5-25(6-8-26)21-38-13-15-41-16-14-38/h5-8,18-19,22,28,30,34H,9-17,20-21H2,1-4H3,(H,35,39). The molecule has 2 atom stereocenters. The largest absolute Gasteiger partial charge is 0.379 e. The zero-order valence-corrected chi connectivity index (χ0v) is 25.0. The molecule has 2 aromatic rings. The molecule has 5 rings (SSSR count). The Morgan fingerprint density at radius 3 is 2.49 bits per heavy atom. The molecular formula is C33H45N5O3. The van der Waals surface area contributed by atoms with Gasteiger partial charge in [0.25, 0.3) is 11.8 Å². The number of amides is 2. The molecule has 2 N–H and O–H groups in total. The van der Waals surface area contributed by atoms with Gasteiger partial charge in [-0.3, -0.25) is 14.5 Å². The summed E-state index contributed by atoms with van der Waals surface area (Å²) < 4.78 is 5.49. The second-order valence-corrected chi connectivity index (χ2v) is 12.0. The Balaban J connectivity index is 1.41. The van der Waals surface area contributed by atoms with Crippen molar-refractivity contribution in [2.45, 2.75) is 52.6 Å². The fourth-order valence-corrected chi connectivity index (χ4v) is 6.43. The molecule has 0 saturated carbocycles. The van der Waals surface area contributed by atoms with Crippen LogP contribution in [0.4, 0.5) is 5.69 Å². The number of nitrogens with zero attached hydrogens (tertiary/aromatic N) is 3. The maximum Gasteiger partial charge on any atom is 0.251 e. The molecule has 2 fully saturated rings. The quantitative estimate of drug-likeness (QED) is 0.508. The molecule has 0 radical (unpaired) electrons. The van der Waals surface area contributed by atoms with E-state index in [0.717, 1.165) is 93.3 Å². The molecule has 3 heterocycles. The lowest BCUT2D eigenvalue weighted by atomic mass is 9.86. The Kier molecular flexibility index (Phi) is 9.53. The third-order valence-electron chi connectivity index (χ3n) is 9.06. The smallest absolute Gasteiger partial charge is 0.251 e. The van der Waals surface area contributed by atoms with Gasteiger partial charge in [0.2, 0.25) is 0 Å². The van der Waals surface area contributed by atoms with Gasteiger partial charge in [-0.05, 0) is 86.5 Å². The normalized spacial score (nSPS) is 22.3. The maximum absolute atomic E-state index is 13.7. The van der Waals surface area contributed by atoms with Crippen molar-refractivity contribution in [3.8, 4) is 11.1 Å². The van der Waals surface area contributed by atoms with Gasteiger partial charge in [0.05, 0.1) is 19.1 Å². The number of morpholine rings is 1. The zero-order valence-electron chi connectivity index (χ0n) is 25.0.